The third-order valence-electron chi connectivity index (χ3n) is 5.54. The molecular formula is C25H21F3N2O3. The molecule has 4 rings (SSSR count). The van der Waals surface area contributed by atoms with Crippen LogP contribution in [0.15, 0.2) is 60.8 Å². The number of alkyl halides is 3. The van der Waals surface area contributed by atoms with Crippen LogP contribution in [0, 0.1) is 13.8 Å². The van der Waals surface area contributed by atoms with Gasteiger partial charge in [0.25, 0.3) is 0 Å². The first-order valence-corrected chi connectivity index (χ1v) is 10.3. The number of ketones is 1. The van der Waals surface area contributed by atoms with E-state index in [-0.39, 0.29) is 6.42 Å². The number of aromatic amines is 1. The van der Waals surface area contributed by atoms with Crippen LogP contribution in [0.25, 0.3) is 16.6 Å². The number of carbonyl (C=O) groups excluding carboxylic acids is 2. The normalized spacial score (nSPS) is 11.7. The van der Waals surface area contributed by atoms with Gasteiger partial charge in [-0.15, -0.1) is 0 Å². The maximum atomic E-state index is 13.1. The van der Waals surface area contributed by atoms with Crippen molar-refractivity contribution in [3.05, 3.63) is 88.9 Å². The molecule has 0 fully saturated rings. The van der Waals surface area contributed by atoms with Gasteiger partial charge in [-0.1, -0.05) is 24.3 Å². The third kappa shape index (κ3) is 4.55. The first kappa shape index (κ1) is 22.4. The number of ether oxygens (including phenoxy) is 1. The summed E-state index contributed by atoms with van der Waals surface area (Å²) in [6.07, 6.45) is -2.72. The number of nitrogens with zero attached hydrogens (tertiary/aromatic N) is 1. The van der Waals surface area contributed by atoms with Crippen molar-refractivity contribution in [2.75, 3.05) is 6.61 Å². The van der Waals surface area contributed by atoms with E-state index in [0.717, 1.165) is 28.6 Å². The van der Waals surface area contributed by atoms with Crippen LogP contribution in [-0.2, 0) is 22.1 Å². The topological polar surface area (TPSA) is 64.1 Å². The van der Waals surface area contributed by atoms with E-state index in [4.69, 9.17) is 4.74 Å². The fourth-order valence-electron chi connectivity index (χ4n) is 3.97. The van der Waals surface area contributed by atoms with E-state index in [9.17, 15) is 22.8 Å². The number of H-pyrrole nitrogens is 1. The second-order valence-electron chi connectivity index (χ2n) is 7.79. The van der Waals surface area contributed by atoms with E-state index in [1.54, 1.807) is 36.7 Å². The minimum atomic E-state index is -4.47. The Morgan fingerprint density at radius 3 is 2.55 bits per heavy atom. The Balaban J connectivity index is 1.48. The van der Waals surface area contributed by atoms with Gasteiger partial charge in [-0.2, -0.15) is 13.2 Å². The lowest BCUT2D eigenvalue weighted by Gasteiger charge is -2.13. The van der Waals surface area contributed by atoms with Crippen LogP contribution in [0.1, 0.15) is 32.9 Å². The largest absolute Gasteiger partial charge is 0.457 e. The molecule has 0 unspecified atom stereocenters. The molecule has 1 N–H and O–H groups in total. The van der Waals surface area contributed by atoms with E-state index in [0.29, 0.717) is 22.6 Å². The van der Waals surface area contributed by atoms with Crippen LogP contribution in [-0.4, -0.2) is 27.9 Å². The Bertz CT molecular complexity index is 1350. The Morgan fingerprint density at radius 1 is 1.03 bits per heavy atom. The number of para-hydroxylation sites is 1. The zero-order valence-corrected chi connectivity index (χ0v) is 18.0. The van der Waals surface area contributed by atoms with E-state index < -0.39 is 30.1 Å². The summed E-state index contributed by atoms with van der Waals surface area (Å²) < 4.78 is 46.1. The number of nitrogens with one attached hydrogen (secondary N) is 1. The van der Waals surface area contributed by atoms with Crippen molar-refractivity contribution in [2.45, 2.75) is 26.4 Å². The summed E-state index contributed by atoms with van der Waals surface area (Å²) in [4.78, 5) is 28.1. The molecule has 33 heavy (non-hydrogen) atoms. The summed E-state index contributed by atoms with van der Waals surface area (Å²) in [6, 6.07) is 14.0. The van der Waals surface area contributed by atoms with E-state index in [1.165, 1.54) is 6.07 Å². The van der Waals surface area contributed by atoms with Gasteiger partial charge in [0.2, 0.25) is 5.78 Å². The molecule has 2 heterocycles. The number of esters is 1. The van der Waals surface area contributed by atoms with Gasteiger partial charge in [-0.25, -0.2) is 0 Å². The molecule has 0 saturated heterocycles. The molecule has 0 aliphatic rings. The molecule has 2 aromatic heterocycles. The number of aryl methyl sites for hydroxylation is 1. The van der Waals surface area contributed by atoms with Gasteiger partial charge < -0.3 is 14.3 Å². The average Bonchev–Trinajstić information content (AvgIpc) is 3.31. The molecule has 0 amide bonds. The smallest absolute Gasteiger partial charge is 0.416 e. The van der Waals surface area contributed by atoms with Crippen LogP contribution in [0.3, 0.4) is 0 Å². The molecule has 0 spiro atoms. The lowest BCUT2D eigenvalue weighted by molar-refractivity contribution is -0.141. The summed E-state index contributed by atoms with van der Waals surface area (Å²) in [5, 5.41) is 0.908. The van der Waals surface area contributed by atoms with Gasteiger partial charge in [0.15, 0.2) is 6.61 Å². The molecule has 4 aromatic rings. The van der Waals surface area contributed by atoms with Gasteiger partial charge in [0, 0.05) is 39.7 Å². The lowest BCUT2D eigenvalue weighted by Crippen LogP contribution is -2.16. The number of fused-ring (bicyclic) bond motifs is 1. The molecular weight excluding hydrogens is 433 g/mol. The van der Waals surface area contributed by atoms with Crippen LogP contribution >= 0.6 is 0 Å². The number of Topliss-reactive ketones (excluding diaryl/α,β-unsaturated/α-hetero) is 1. The molecule has 0 radical (unpaired) electrons. The average molecular weight is 454 g/mol. The summed E-state index contributed by atoms with van der Waals surface area (Å²) in [5.41, 5.74) is 2.57. The summed E-state index contributed by atoms with van der Waals surface area (Å²) in [5.74, 6) is -0.964. The third-order valence-corrected chi connectivity index (χ3v) is 5.54. The minimum Gasteiger partial charge on any atom is -0.457 e. The van der Waals surface area contributed by atoms with E-state index >= 15 is 0 Å². The van der Waals surface area contributed by atoms with Crippen LogP contribution < -0.4 is 0 Å². The Kier molecular flexibility index (Phi) is 5.84. The van der Waals surface area contributed by atoms with Crippen molar-refractivity contribution >= 4 is 22.7 Å². The van der Waals surface area contributed by atoms with Gasteiger partial charge >= 0.3 is 12.1 Å². The van der Waals surface area contributed by atoms with Crippen molar-refractivity contribution in [1.82, 2.24) is 9.55 Å². The highest BCUT2D eigenvalue weighted by molar-refractivity contribution is 5.99. The Labute approximate surface area is 187 Å². The fourth-order valence-corrected chi connectivity index (χ4v) is 3.97. The Hall–Kier alpha value is -3.81. The van der Waals surface area contributed by atoms with Crippen molar-refractivity contribution < 1.29 is 27.5 Å². The number of aromatic nitrogens is 2. The molecule has 0 saturated carbocycles. The highest BCUT2D eigenvalue weighted by Gasteiger charge is 2.31. The maximum absolute atomic E-state index is 13.1. The summed E-state index contributed by atoms with van der Waals surface area (Å²) >= 11 is 0. The van der Waals surface area contributed by atoms with Crippen molar-refractivity contribution in [3.8, 4) is 5.69 Å². The van der Waals surface area contributed by atoms with Gasteiger partial charge in [-0.05, 0) is 49.7 Å². The van der Waals surface area contributed by atoms with E-state index in [1.807, 2.05) is 24.3 Å². The van der Waals surface area contributed by atoms with Crippen molar-refractivity contribution in [2.24, 2.45) is 0 Å². The number of hydrogen-bond donors (Lipinski definition) is 1. The van der Waals surface area contributed by atoms with Gasteiger partial charge in [0.05, 0.1) is 12.0 Å². The second-order valence-corrected chi connectivity index (χ2v) is 7.79. The maximum Gasteiger partial charge on any atom is 0.416 e. The number of hydrogen-bond acceptors (Lipinski definition) is 3. The number of benzene rings is 2. The molecule has 0 bridgehead atoms. The van der Waals surface area contributed by atoms with Crippen LogP contribution in [0.2, 0.25) is 0 Å². The molecule has 0 aliphatic carbocycles. The lowest BCUT2D eigenvalue weighted by atomic mass is 10.1. The second kappa shape index (κ2) is 8.61. The first-order chi connectivity index (χ1) is 15.6. The molecule has 2 aromatic carbocycles. The van der Waals surface area contributed by atoms with Gasteiger partial charge in [-0.3, -0.25) is 9.59 Å². The molecule has 0 atom stereocenters. The highest BCUT2D eigenvalue weighted by atomic mass is 19.4. The van der Waals surface area contributed by atoms with Crippen LogP contribution in [0.5, 0.6) is 0 Å². The quantitative estimate of drug-likeness (QED) is 0.306. The summed E-state index contributed by atoms with van der Waals surface area (Å²) in [7, 11) is 0. The Morgan fingerprint density at radius 2 is 1.79 bits per heavy atom. The number of carbonyl (C=O) groups is 2. The summed E-state index contributed by atoms with van der Waals surface area (Å²) in [6.45, 7) is 2.90. The molecule has 170 valence electrons. The minimum absolute atomic E-state index is 0.0144. The standard InChI is InChI=1S/C25H21F3N2O3/c1-15-10-21(16(2)30(15)19-7-5-6-18(12-19)25(26,27)28)23(31)14-33-24(32)11-17-13-29-22-9-4-3-8-20(17)22/h3-10,12-13,29H,11,14H2,1-2H3. The highest BCUT2D eigenvalue weighted by Crippen LogP contribution is 2.31. The zero-order valence-electron chi connectivity index (χ0n) is 18.0. The molecule has 8 heteroatoms. The number of rotatable bonds is 6. The van der Waals surface area contributed by atoms with E-state index in [2.05, 4.69) is 4.98 Å². The molecule has 5 nitrogen and oxygen atoms in total. The fraction of sp³-hybridized carbons (Fsp3) is 0.200. The SMILES string of the molecule is Cc1cc(C(=O)COC(=O)Cc2c[nH]c3ccccc23)c(C)n1-c1cccc(C(F)(F)F)c1. The first-order valence-electron chi connectivity index (χ1n) is 10.3. The van der Waals surface area contributed by atoms with Crippen molar-refractivity contribution in [1.29, 1.82) is 0 Å². The monoisotopic (exact) mass is 454 g/mol. The van der Waals surface area contributed by atoms with Crippen LogP contribution in [0.4, 0.5) is 13.2 Å². The van der Waals surface area contributed by atoms with Crippen molar-refractivity contribution in [3.63, 3.8) is 0 Å². The number of halogens is 3. The predicted octanol–water partition coefficient (Wildman–Crippen LogP) is 5.56. The van der Waals surface area contributed by atoms with Gasteiger partial charge in [0.1, 0.15) is 0 Å². The zero-order chi connectivity index (χ0) is 23.8. The predicted molar refractivity (Wildman–Crippen MR) is 118 cm³/mol. The molecule has 0 aliphatic heterocycles.